The van der Waals surface area contributed by atoms with Gasteiger partial charge in [-0.2, -0.15) is 0 Å². The Morgan fingerprint density at radius 3 is 2.63 bits per heavy atom. The van der Waals surface area contributed by atoms with Crippen LogP contribution in [0.2, 0.25) is 10.0 Å². The Labute approximate surface area is 184 Å². The number of carbonyl (C=O) groups excluding carboxylic acids is 1. The van der Waals surface area contributed by atoms with E-state index in [0.29, 0.717) is 38.3 Å². The van der Waals surface area contributed by atoms with E-state index in [-0.39, 0.29) is 5.91 Å². The van der Waals surface area contributed by atoms with Gasteiger partial charge < -0.3 is 9.73 Å². The molecule has 1 heterocycles. The summed E-state index contributed by atoms with van der Waals surface area (Å²) in [5, 5.41) is 3.85. The van der Waals surface area contributed by atoms with Crippen molar-refractivity contribution in [1.29, 1.82) is 0 Å². The van der Waals surface area contributed by atoms with Crippen LogP contribution >= 0.6 is 23.2 Å². The molecule has 0 bridgehead atoms. The number of aromatic nitrogens is 1. The van der Waals surface area contributed by atoms with Crippen molar-refractivity contribution in [2.75, 3.05) is 5.32 Å². The predicted octanol–water partition coefficient (Wildman–Crippen LogP) is 7.07. The third kappa shape index (κ3) is 4.40. The topological polar surface area (TPSA) is 55.1 Å². The molecule has 1 amide bonds. The van der Waals surface area contributed by atoms with Crippen LogP contribution in [0.1, 0.15) is 16.7 Å². The first-order chi connectivity index (χ1) is 14.4. The number of oxazole rings is 1. The maximum absolute atomic E-state index is 12.3. The Balaban J connectivity index is 1.53. The number of hydrogen-bond donors (Lipinski definition) is 1. The molecule has 0 spiro atoms. The van der Waals surface area contributed by atoms with Crippen LogP contribution in [-0.2, 0) is 4.79 Å². The van der Waals surface area contributed by atoms with Crippen molar-refractivity contribution in [3.05, 3.63) is 87.4 Å². The minimum absolute atomic E-state index is 0.279. The standard InChI is InChI=1S/C24H18Cl2N2O2/c1-14-3-8-19(15(2)11-14)24-28-21-13-18(7-9-22(21)30-24)27-23(29)10-5-16-4-6-17(25)12-20(16)26/h3-13H,1-2H3,(H,27,29). The van der Waals surface area contributed by atoms with Gasteiger partial charge in [-0.1, -0.05) is 47.0 Å². The molecule has 30 heavy (non-hydrogen) atoms. The maximum Gasteiger partial charge on any atom is 0.248 e. The van der Waals surface area contributed by atoms with Crippen molar-refractivity contribution in [3.8, 4) is 11.5 Å². The molecule has 0 aliphatic heterocycles. The lowest BCUT2D eigenvalue weighted by molar-refractivity contribution is -0.111. The minimum atomic E-state index is -0.279. The largest absolute Gasteiger partial charge is 0.436 e. The molecule has 1 aromatic heterocycles. The van der Waals surface area contributed by atoms with Crippen molar-refractivity contribution in [2.24, 2.45) is 0 Å². The van der Waals surface area contributed by atoms with Crippen molar-refractivity contribution < 1.29 is 9.21 Å². The van der Waals surface area contributed by atoms with E-state index in [0.717, 1.165) is 11.1 Å². The number of nitrogens with zero attached hydrogens (tertiary/aromatic N) is 1. The number of aryl methyl sites for hydroxylation is 2. The SMILES string of the molecule is Cc1ccc(-c2nc3cc(NC(=O)C=Cc4ccc(Cl)cc4Cl)ccc3o2)c(C)c1. The number of anilines is 1. The molecule has 0 fully saturated rings. The number of hydrogen-bond acceptors (Lipinski definition) is 3. The fraction of sp³-hybridized carbons (Fsp3) is 0.0833. The van der Waals surface area contributed by atoms with Crippen LogP contribution in [0, 0.1) is 13.8 Å². The van der Waals surface area contributed by atoms with Gasteiger partial charge >= 0.3 is 0 Å². The van der Waals surface area contributed by atoms with E-state index in [1.54, 1.807) is 42.5 Å². The van der Waals surface area contributed by atoms with E-state index in [1.165, 1.54) is 11.6 Å². The first-order valence-electron chi connectivity index (χ1n) is 9.31. The smallest absolute Gasteiger partial charge is 0.248 e. The zero-order chi connectivity index (χ0) is 21.3. The summed E-state index contributed by atoms with van der Waals surface area (Å²) in [6.07, 6.45) is 3.06. The summed E-state index contributed by atoms with van der Waals surface area (Å²) >= 11 is 12.0. The Kier molecular flexibility index (Phi) is 5.62. The van der Waals surface area contributed by atoms with Crippen LogP contribution < -0.4 is 5.32 Å². The molecule has 0 aliphatic carbocycles. The highest BCUT2D eigenvalue weighted by Crippen LogP contribution is 2.29. The molecule has 0 radical (unpaired) electrons. The molecular weight excluding hydrogens is 419 g/mol. The van der Waals surface area contributed by atoms with Crippen molar-refractivity contribution in [3.63, 3.8) is 0 Å². The number of rotatable bonds is 4. The summed E-state index contributed by atoms with van der Waals surface area (Å²) in [6, 6.07) is 16.6. The van der Waals surface area contributed by atoms with Crippen LogP contribution in [-0.4, -0.2) is 10.9 Å². The molecule has 150 valence electrons. The van der Waals surface area contributed by atoms with Crippen LogP contribution in [0.4, 0.5) is 5.69 Å². The van der Waals surface area contributed by atoms with E-state index >= 15 is 0 Å². The van der Waals surface area contributed by atoms with Gasteiger partial charge in [-0.15, -0.1) is 0 Å². The predicted molar refractivity (Wildman–Crippen MR) is 123 cm³/mol. The second-order valence-electron chi connectivity index (χ2n) is 7.01. The van der Waals surface area contributed by atoms with Crippen LogP contribution in [0.3, 0.4) is 0 Å². The zero-order valence-corrected chi connectivity index (χ0v) is 17.9. The average molecular weight is 437 g/mol. The van der Waals surface area contributed by atoms with Gasteiger partial charge in [-0.3, -0.25) is 4.79 Å². The Morgan fingerprint density at radius 1 is 1.03 bits per heavy atom. The average Bonchev–Trinajstić information content (AvgIpc) is 3.10. The van der Waals surface area contributed by atoms with Gasteiger partial charge in [-0.05, 0) is 67.4 Å². The van der Waals surface area contributed by atoms with Gasteiger partial charge in [0.2, 0.25) is 11.8 Å². The van der Waals surface area contributed by atoms with Crippen molar-refractivity contribution in [2.45, 2.75) is 13.8 Å². The number of amides is 1. The molecule has 0 atom stereocenters. The summed E-state index contributed by atoms with van der Waals surface area (Å²) in [5.41, 5.74) is 5.90. The maximum atomic E-state index is 12.3. The van der Waals surface area contributed by atoms with E-state index in [9.17, 15) is 4.79 Å². The highest BCUT2D eigenvalue weighted by Gasteiger charge is 2.11. The lowest BCUT2D eigenvalue weighted by atomic mass is 10.1. The molecule has 0 saturated carbocycles. The molecule has 0 unspecified atom stereocenters. The lowest BCUT2D eigenvalue weighted by Crippen LogP contribution is -2.07. The monoisotopic (exact) mass is 436 g/mol. The van der Waals surface area contributed by atoms with E-state index in [4.69, 9.17) is 27.6 Å². The Morgan fingerprint density at radius 2 is 1.87 bits per heavy atom. The quantitative estimate of drug-likeness (QED) is 0.348. The van der Waals surface area contributed by atoms with Gasteiger partial charge in [0.25, 0.3) is 0 Å². The number of benzene rings is 3. The first kappa shape index (κ1) is 20.2. The lowest BCUT2D eigenvalue weighted by Gasteiger charge is -2.02. The Hall–Kier alpha value is -3.08. The Bertz CT molecular complexity index is 1290. The van der Waals surface area contributed by atoms with Gasteiger partial charge in [0, 0.05) is 27.4 Å². The summed E-state index contributed by atoms with van der Waals surface area (Å²) in [5.74, 6) is 0.279. The summed E-state index contributed by atoms with van der Waals surface area (Å²) in [7, 11) is 0. The molecule has 4 aromatic rings. The summed E-state index contributed by atoms with van der Waals surface area (Å²) in [4.78, 5) is 16.9. The van der Waals surface area contributed by atoms with Gasteiger partial charge in [0.05, 0.1) is 0 Å². The van der Waals surface area contributed by atoms with Crippen molar-refractivity contribution >= 4 is 52.0 Å². The molecule has 1 N–H and O–H groups in total. The van der Waals surface area contributed by atoms with Gasteiger partial charge in [-0.25, -0.2) is 4.98 Å². The molecular formula is C24H18Cl2N2O2. The van der Waals surface area contributed by atoms with Crippen LogP contribution in [0.25, 0.3) is 28.6 Å². The number of carbonyl (C=O) groups is 1. The van der Waals surface area contributed by atoms with E-state index in [2.05, 4.69) is 16.4 Å². The number of nitrogens with one attached hydrogen (secondary N) is 1. The molecule has 4 rings (SSSR count). The molecule has 6 heteroatoms. The second kappa shape index (κ2) is 8.34. The number of fused-ring (bicyclic) bond motifs is 1. The fourth-order valence-corrected chi connectivity index (χ4v) is 3.63. The zero-order valence-electron chi connectivity index (χ0n) is 16.4. The first-order valence-corrected chi connectivity index (χ1v) is 10.1. The number of halogens is 2. The highest BCUT2D eigenvalue weighted by atomic mass is 35.5. The molecule has 4 nitrogen and oxygen atoms in total. The van der Waals surface area contributed by atoms with Gasteiger partial charge in [0.15, 0.2) is 5.58 Å². The van der Waals surface area contributed by atoms with Crippen LogP contribution in [0.15, 0.2) is 65.1 Å². The fourth-order valence-electron chi connectivity index (χ4n) is 3.16. The third-order valence-electron chi connectivity index (χ3n) is 4.64. The second-order valence-corrected chi connectivity index (χ2v) is 7.85. The third-order valence-corrected chi connectivity index (χ3v) is 5.21. The summed E-state index contributed by atoms with van der Waals surface area (Å²) < 4.78 is 5.90. The van der Waals surface area contributed by atoms with Crippen molar-refractivity contribution in [1.82, 2.24) is 4.98 Å². The van der Waals surface area contributed by atoms with E-state index < -0.39 is 0 Å². The molecule has 3 aromatic carbocycles. The van der Waals surface area contributed by atoms with Crippen LogP contribution in [0.5, 0.6) is 0 Å². The highest BCUT2D eigenvalue weighted by molar-refractivity contribution is 6.35. The normalized spacial score (nSPS) is 11.3. The molecule has 0 saturated heterocycles. The minimum Gasteiger partial charge on any atom is -0.436 e. The summed E-state index contributed by atoms with van der Waals surface area (Å²) in [6.45, 7) is 4.08. The van der Waals surface area contributed by atoms with E-state index in [1.807, 2.05) is 26.0 Å². The van der Waals surface area contributed by atoms with Gasteiger partial charge in [0.1, 0.15) is 5.52 Å². The molecule has 0 aliphatic rings.